The smallest absolute Gasteiger partial charge is 0.311 e. The molecule has 1 saturated heterocycles. The Labute approximate surface area is 127 Å². The zero-order valence-electron chi connectivity index (χ0n) is 12.8. The molecule has 0 saturated carbocycles. The average molecular weight is 319 g/mol. The van der Waals surface area contributed by atoms with Crippen LogP contribution in [0.4, 0.5) is 17.6 Å². The van der Waals surface area contributed by atoms with Crippen molar-refractivity contribution >= 4 is 0 Å². The third-order valence-electron chi connectivity index (χ3n) is 4.03. The van der Waals surface area contributed by atoms with Crippen molar-refractivity contribution < 1.29 is 17.6 Å². The van der Waals surface area contributed by atoms with Gasteiger partial charge in [0.1, 0.15) is 5.82 Å². The van der Waals surface area contributed by atoms with E-state index in [0.717, 1.165) is 31.8 Å². The zero-order chi connectivity index (χ0) is 16.3. The highest BCUT2D eigenvalue weighted by Gasteiger charge is 2.34. The number of likely N-dealkylation sites (N-methyl/N-ethyl adjacent to an activating group) is 2. The van der Waals surface area contributed by atoms with Gasteiger partial charge in [-0.3, -0.25) is 4.90 Å². The second-order valence-electron chi connectivity index (χ2n) is 5.84. The SMILES string of the molecule is CN1CCN(C)[C@@H](CNCc2ccc(F)c(C(F)(F)F)c2)C1. The molecule has 22 heavy (non-hydrogen) atoms. The summed E-state index contributed by atoms with van der Waals surface area (Å²) in [6, 6.07) is 3.45. The molecule has 1 aromatic rings. The van der Waals surface area contributed by atoms with Gasteiger partial charge in [-0.2, -0.15) is 13.2 Å². The number of hydrogen-bond acceptors (Lipinski definition) is 3. The van der Waals surface area contributed by atoms with E-state index in [2.05, 4.69) is 22.2 Å². The first-order valence-electron chi connectivity index (χ1n) is 7.22. The molecule has 0 unspecified atom stereocenters. The number of alkyl halides is 3. The Morgan fingerprint density at radius 1 is 1.23 bits per heavy atom. The van der Waals surface area contributed by atoms with Crippen LogP contribution in [0.5, 0.6) is 0 Å². The molecule has 0 radical (unpaired) electrons. The summed E-state index contributed by atoms with van der Waals surface area (Å²) in [5.41, 5.74) is -0.776. The molecule has 1 aliphatic rings. The average Bonchev–Trinajstić information content (AvgIpc) is 2.43. The maximum atomic E-state index is 13.2. The summed E-state index contributed by atoms with van der Waals surface area (Å²) < 4.78 is 51.2. The fourth-order valence-corrected chi connectivity index (χ4v) is 2.60. The Hall–Kier alpha value is -1.18. The maximum absolute atomic E-state index is 13.2. The first-order chi connectivity index (χ1) is 10.3. The van der Waals surface area contributed by atoms with Crippen LogP contribution in [-0.2, 0) is 12.7 Å². The second kappa shape index (κ2) is 6.93. The fraction of sp³-hybridized carbons (Fsp3) is 0.600. The lowest BCUT2D eigenvalue weighted by atomic mass is 10.1. The highest BCUT2D eigenvalue weighted by molar-refractivity contribution is 5.27. The number of hydrogen-bond donors (Lipinski definition) is 1. The van der Waals surface area contributed by atoms with Crippen molar-refractivity contribution in [2.45, 2.75) is 18.8 Å². The maximum Gasteiger partial charge on any atom is 0.419 e. The Morgan fingerprint density at radius 3 is 2.64 bits per heavy atom. The summed E-state index contributed by atoms with van der Waals surface area (Å²) in [5.74, 6) is -1.23. The van der Waals surface area contributed by atoms with Crippen LogP contribution in [0.1, 0.15) is 11.1 Å². The van der Waals surface area contributed by atoms with Gasteiger partial charge in [-0.15, -0.1) is 0 Å². The summed E-state index contributed by atoms with van der Waals surface area (Å²) >= 11 is 0. The molecular weight excluding hydrogens is 298 g/mol. The van der Waals surface area contributed by atoms with E-state index in [1.807, 2.05) is 7.05 Å². The molecule has 1 atom stereocenters. The van der Waals surface area contributed by atoms with Gasteiger partial charge in [0.05, 0.1) is 5.56 Å². The molecule has 124 valence electrons. The Kier molecular flexibility index (Phi) is 5.41. The van der Waals surface area contributed by atoms with Crippen LogP contribution in [0.25, 0.3) is 0 Å². The predicted octanol–water partition coefficient (Wildman–Crippen LogP) is 2.18. The molecule has 1 aromatic carbocycles. The topological polar surface area (TPSA) is 18.5 Å². The molecule has 2 rings (SSSR count). The Bertz CT molecular complexity index is 504. The molecule has 1 fully saturated rings. The summed E-state index contributed by atoms with van der Waals surface area (Å²) in [6.45, 7) is 3.87. The molecule has 1 aliphatic heterocycles. The van der Waals surface area contributed by atoms with Crippen LogP contribution in [0.15, 0.2) is 18.2 Å². The minimum atomic E-state index is -4.66. The third kappa shape index (κ3) is 4.41. The van der Waals surface area contributed by atoms with E-state index in [9.17, 15) is 17.6 Å². The minimum absolute atomic E-state index is 0.289. The standard InChI is InChI=1S/C15H21F4N3/c1-21-5-6-22(2)12(10-21)9-20-8-11-3-4-14(16)13(7-11)15(17,18)19/h3-4,7,12,20H,5-6,8-10H2,1-2H3/t12-/m0/s1. The van der Waals surface area contributed by atoms with Gasteiger partial charge in [-0.25, -0.2) is 4.39 Å². The number of benzene rings is 1. The van der Waals surface area contributed by atoms with Gasteiger partial charge in [0.25, 0.3) is 0 Å². The highest BCUT2D eigenvalue weighted by Crippen LogP contribution is 2.31. The number of halogens is 4. The van der Waals surface area contributed by atoms with Crippen molar-refractivity contribution in [2.24, 2.45) is 0 Å². The lowest BCUT2D eigenvalue weighted by molar-refractivity contribution is -0.140. The van der Waals surface area contributed by atoms with Gasteiger partial charge in [-0.05, 0) is 31.8 Å². The van der Waals surface area contributed by atoms with Gasteiger partial charge >= 0.3 is 6.18 Å². The van der Waals surface area contributed by atoms with Crippen molar-refractivity contribution in [2.75, 3.05) is 40.3 Å². The first kappa shape index (κ1) is 17.2. The van der Waals surface area contributed by atoms with Crippen molar-refractivity contribution in [3.63, 3.8) is 0 Å². The van der Waals surface area contributed by atoms with Crippen LogP contribution in [0, 0.1) is 5.82 Å². The van der Waals surface area contributed by atoms with Gasteiger partial charge in [0.2, 0.25) is 0 Å². The van der Waals surface area contributed by atoms with E-state index in [0.29, 0.717) is 18.2 Å². The van der Waals surface area contributed by atoms with Crippen LogP contribution in [0.2, 0.25) is 0 Å². The predicted molar refractivity (Wildman–Crippen MR) is 77.0 cm³/mol. The van der Waals surface area contributed by atoms with Crippen molar-refractivity contribution in [3.05, 3.63) is 35.1 Å². The van der Waals surface area contributed by atoms with E-state index in [4.69, 9.17) is 0 Å². The molecule has 1 heterocycles. The van der Waals surface area contributed by atoms with Gasteiger partial charge in [-0.1, -0.05) is 6.07 Å². The Balaban J connectivity index is 1.92. The van der Waals surface area contributed by atoms with E-state index in [1.165, 1.54) is 6.07 Å². The molecule has 0 spiro atoms. The number of nitrogens with zero attached hydrogens (tertiary/aromatic N) is 2. The van der Waals surface area contributed by atoms with Crippen molar-refractivity contribution in [3.8, 4) is 0 Å². The molecule has 3 nitrogen and oxygen atoms in total. The van der Waals surface area contributed by atoms with Crippen LogP contribution in [0.3, 0.4) is 0 Å². The molecule has 1 N–H and O–H groups in total. The summed E-state index contributed by atoms with van der Waals surface area (Å²) in [4.78, 5) is 4.46. The normalized spacial score (nSPS) is 21.3. The van der Waals surface area contributed by atoms with Crippen molar-refractivity contribution in [1.29, 1.82) is 0 Å². The molecule has 0 aliphatic carbocycles. The first-order valence-corrected chi connectivity index (χ1v) is 7.22. The summed E-state index contributed by atoms with van der Waals surface area (Å²) in [6.07, 6.45) is -4.66. The van der Waals surface area contributed by atoms with Gasteiger partial charge in [0.15, 0.2) is 0 Å². The molecular formula is C15H21F4N3. The van der Waals surface area contributed by atoms with Crippen LogP contribution in [-0.4, -0.2) is 56.1 Å². The fourth-order valence-electron chi connectivity index (χ4n) is 2.60. The molecule has 0 aromatic heterocycles. The van der Waals surface area contributed by atoms with E-state index < -0.39 is 17.6 Å². The van der Waals surface area contributed by atoms with Gasteiger partial charge < -0.3 is 10.2 Å². The summed E-state index contributed by atoms with van der Waals surface area (Å²) in [5, 5.41) is 3.16. The lowest BCUT2D eigenvalue weighted by Crippen LogP contribution is -2.53. The highest BCUT2D eigenvalue weighted by atomic mass is 19.4. The van der Waals surface area contributed by atoms with Crippen molar-refractivity contribution in [1.82, 2.24) is 15.1 Å². The monoisotopic (exact) mass is 319 g/mol. The lowest BCUT2D eigenvalue weighted by Gasteiger charge is -2.37. The molecule has 0 bridgehead atoms. The number of rotatable bonds is 4. The van der Waals surface area contributed by atoms with E-state index in [-0.39, 0.29) is 6.54 Å². The van der Waals surface area contributed by atoms with Crippen LogP contribution >= 0.6 is 0 Å². The minimum Gasteiger partial charge on any atom is -0.311 e. The summed E-state index contributed by atoms with van der Waals surface area (Å²) in [7, 11) is 4.09. The van der Waals surface area contributed by atoms with Gasteiger partial charge in [0, 0.05) is 38.8 Å². The zero-order valence-corrected chi connectivity index (χ0v) is 12.8. The quantitative estimate of drug-likeness (QED) is 0.858. The van der Waals surface area contributed by atoms with E-state index in [1.54, 1.807) is 0 Å². The third-order valence-corrected chi connectivity index (χ3v) is 4.03. The van der Waals surface area contributed by atoms with E-state index >= 15 is 0 Å². The molecule has 7 heteroatoms. The second-order valence-corrected chi connectivity index (χ2v) is 5.84. The number of piperazine rings is 1. The van der Waals surface area contributed by atoms with Crippen LogP contribution < -0.4 is 5.32 Å². The largest absolute Gasteiger partial charge is 0.419 e. The number of nitrogens with one attached hydrogen (secondary N) is 1. The Morgan fingerprint density at radius 2 is 1.95 bits per heavy atom. The molecule has 0 amide bonds.